The molecule has 2 aromatic carbocycles. The maximum absolute atomic E-state index is 12.4. The fraction of sp³-hybridized carbons (Fsp3) is 0.167. The summed E-state index contributed by atoms with van der Waals surface area (Å²) in [6, 6.07) is 6.80. The predicted octanol–water partition coefficient (Wildman–Crippen LogP) is 4.87. The Morgan fingerprint density at radius 1 is 1.21 bits per heavy atom. The Labute approximate surface area is 159 Å². The zero-order valence-corrected chi connectivity index (χ0v) is 16.3. The lowest BCUT2D eigenvalue weighted by Crippen LogP contribution is -1.98. The lowest BCUT2D eigenvalue weighted by Gasteiger charge is -2.09. The molecule has 1 N–H and O–H groups in total. The van der Waals surface area contributed by atoms with E-state index in [-0.39, 0.29) is 17.1 Å². The SMILES string of the molecule is COc1ccc(/C=C/C(=O)c2cc(Cl)c(C)c(I)c2O)cc1OC. The third-order valence-electron chi connectivity index (χ3n) is 3.52. The van der Waals surface area contributed by atoms with Crippen LogP contribution >= 0.6 is 34.2 Å². The molecule has 0 aliphatic heterocycles. The van der Waals surface area contributed by atoms with Gasteiger partial charge in [0.2, 0.25) is 0 Å². The molecule has 0 saturated heterocycles. The summed E-state index contributed by atoms with van der Waals surface area (Å²) in [5.74, 6) is 0.794. The third-order valence-corrected chi connectivity index (χ3v) is 5.23. The first kappa shape index (κ1) is 18.6. The molecule has 0 atom stereocenters. The number of benzene rings is 2. The number of phenolic OH excluding ortho intramolecular Hbond substituents is 1. The number of phenols is 1. The number of ether oxygens (including phenoxy) is 2. The van der Waals surface area contributed by atoms with Crippen molar-refractivity contribution in [2.24, 2.45) is 0 Å². The Hall–Kier alpha value is -1.73. The molecular weight excluding hydrogens is 443 g/mol. The highest BCUT2D eigenvalue weighted by Gasteiger charge is 2.16. The third kappa shape index (κ3) is 3.84. The number of carbonyl (C=O) groups is 1. The molecule has 2 aromatic rings. The number of aromatic hydroxyl groups is 1. The first-order chi connectivity index (χ1) is 11.4. The number of hydrogen-bond donors (Lipinski definition) is 1. The summed E-state index contributed by atoms with van der Waals surface area (Å²) in [4.78, 5) is 12.4. The average molecular weight is 459 g/mol. The van der Waals surface area contributed by atoms with E-state index < -0.39 is 0 Å². The van der Waals surface area contributed by atoms with E-state index >= 15 is 0 Å². The average Bonchev–Trinajstić information content (AvgIpc) is 2.60. The topological polar surface area (TPSA) is 55.8 Å². The van der Waals surface area contributed by atoms with Crippen LogP contribution in [0.4, 0.5) is 0 Å². The van der Waals surface area contributed by atoms with Crippen LogP contribution in [-0.2, 0) is 0 Å². The molecule has 0 unspecified atom stereocenters. The van der Waals surface area contributed by atoms with Crippen LogP contribution in [0.3, 0.4) is 0 Å². The van der Waals surface area contributed by atoms with Crippen LogP contribution in [0.25, 0.3) is 6.08 Å². The highest BCUT2D eigenvalue weighted by atomic mass is 127. The molecule has 0 radical (unpaired) electrons. The van der Waals surface area contributed by atoms with E-state index in [4.69, 9.17) is 21.1 Å². The van der Waals surface area contributed by atoms with Gasteiger partial charge in [-0.1, -0.05) is 23.7 Å². The summed E-state index contributed by atoms with van der Waals surface area (Å²) in [7, 11) is 3.10. The monoisotopic (exact) mass is 458 g/mol. The van der Waals surface area contributed by atoms with E-state index in [0.29, 0.717) is 20.1 Å². The molecule has 0 aliphatic rings. The van der Waals surface area contributed by atoms with E-state index in [1.54, 1.807) is 45.4 Å². The number of hydrogen-bond acceptors (Lipinski definition) is 4. The van der Waals surface area contributed by atoms with Gasteiger partial charge in [0.05, 0.1) is 23.4 Å². The largest absolute Gasteiger partial charge is 0.506 e. The van der Waals surface area contributed by atoms with Gasteiger partial charge in [0.1, 0.15) is 5.75 Å². The Kier molecular flexibility index (Phi) is 6.12. The van der Waals surface area contributed by atoms with Gasteiger partial charge in [-0.2, -0.15) is 0 Å². The summed E-state index contributed by atoms with van der Waals surface area (Å²) < 4.78 is 11.0. The maximum atomic E-state index is 12.4. The lowest BCUT2D eigenvalue weighted by molar-refractivity contribution is 0.104. The van der Waals surface area contributed by atoms with E-state index in [1.807, 2.05) is 22.6 Å². The normalized spacial score (nSPS) is 10.9. The molecule has 4 nitrogen and oxygen atoms in total. The van der Waals surface area contributed by atoms with E-state index in [0.717, 1.165) is 11.1 Å². The lowest BCUT2D eigenvalue weighted by atomic mass is 10.1. The van der Waals surface area contributed by atoms with Crippen molar-refractivity contribution in [3.63, 3.8) is 0 Å². The number of rotatable bonds is 5. The Morgan fingerprint density at radius 3 is 2.50 bits per heavy atom. The van der Waals surface area contributed by atoms with Gasteiger partial charge in [-0.05, 0) is 64.9 Å². The quantitative estimate of drug-likeness (QED) is 0.394. The van der Waals surface area contributed by atoms with Crippen molar-refractivity contribution in [1.82, 2.24) is 0 Å². The summed E-state index contributed by atoms with van der Waals surface area (Å²) in [5, 5.41) is 10.6. The van der Waals surface area contributed by atoms with Crippen LogP contribution in [-0.4, -0.2) is 25.1 Å². The molecule has 0 heterocycles. The molecule has 2 rings (SSSR count). The van der Waals surface area contributed by atoms with Gasteiger partial charge in [0.15, 0.2) is 17.3 Å². The molecule has 6 heteroatoms. The minimum absolute atomic E-state index is 0.0561. The Morgan fingerprint density at radius 2 is 1.88 bits per heavy atom. The van der Waals surface area contributed by atoms with Gasteiger partial charge in [-0.25, -0.2) is 0 Å². The standard InChI is InChI=1S/C18H16ClIO4/c1-10-13(19)9-12(18(22)17(10)20)14(21)6-4-11-5-7-15(23-2)16(8-11)24-3/h4-9,22H,1-3H3/b6-4+. The molecule has 0 aliphatic carbocycles. The molecule has 0 saturated carbocycles. The molecule has 126 valence electrons. The van der Waals surface area contributed by atoms with Crippen molar-refractivity contribution in [3.8, 4) is 17.2 Å². The van der Waals surface area contributed by atoms with Gasteiger partial charge in [-0.15, -0.1) is 0 Å². The van der Waals surface area contributed by atoms with E-state index in [9.17, 15) is 9.90 Å². The predicted molar refractivity (Wildman–Crippen MR) is 103 cm³/mol. The van der Waals surface area contributed by atoms with E-state index in [1.165, 1.54) is 12.1 Å². The van der Waals surface area contributed by atoms with Gasteiger partial charge < -0.3 is 14.6 Å². The summed E-state index contributed by atoms with van der Waals surface area (Å²) in [6.45, 7) is 1.79. The van der Waals surface area contributed by atoms with Crippen LogP contribution in [0.1, 0.15) is 21.5 Å². The summed E-state index contributed by atoms with van der Waals surface area (Å²) in [6.07, 6.45) is 3.03. The van der Waals surface area contributed by atoms with Gasteiger partial charge >= 0.3 is 0 Å². The number of ketones is 1. The second-order valence-electron chi connectivity index (χ2n) is 5.01. The number of allylic oxidation sites excluding steroid dienone is 1. The van der Waals surface area contributed by atoms with Crippen molar-refractivity contribution in [2.45, 2.75) is 6.92 Å². The summed E-state index contributed by atoms with van der Waals surface area (Å²) >= 11 is 8.07. The van der Waals surface area contributed by atoms with Crippen LogP contribution < -0.4 is 9.47 Å². The van der Waals surface area contributed by atoms with Crippen LogP contribution in [0.15, 0.2) is 30.3 Å². The Bertz CT molecular complexity index is 815. The van der Waals surface area contributed by atoms with Gasteiger partial charge in [0, 0.05) is 5.02 Å². The van der Waals surface area contributed by atoms with Crippen molar-refractivity contribution >= 4 is 46.1 Å². The highest BCUT2D eigenvalue weighted by Crippen LogP contribution is 2.33. The molecule has 24 heavy (non-hydrogen) atoms. The van der Waals surface area contributed by atoms with Gasteiger partial charge in [-0.3, -0.25) is 4.79 Å². The van der Waals surface area contributed by atoms with Crippen molar-refractivity contribution in [3.05, 3.63) is 55.6 Å². The van der Waals surface area contributed by atoms with Crippen molar-refractivity contribution in [2.75, 3.05) is 14.2 Å². The minimum Gasteiger partial charge on any atom is -0.506 e. The number of carbonyl (C=O) groups excluding carboxylic acids is 1. The smallest absolute Gasteiger partial charge is 0.189 e. The Balaban J connectivity index is 2.32. The second kappa shape index (κ2) is 7.90. The molecule has 0 fully saturated rings. The summed E-state index contributed by atoms with van der Waals surface area (Å²) in [5.41, 5.74) is 1.69. The molecule has 0 bridgehead atoms. The molecule has 0 spiro atoms. The second-order valence-corrected chi connectivity index (χ2v) is 6.49. The number of methoxy groups -OCH3 is 2. The fourth-order valence-corrected chi connectivity index (χ4v) is 3.05. The van der Waals surface area contributed by atoms with E-state index in [2.05, 4.69) is 0 Å². The van der Waals surface area contributed by atoms with Crippen LogP contribution in [0, 0.1) is 10.5 Å². The van der Waals surface area contributed by atoms with Crippen molar-refractivity contribution < 1.29 is 19.4 Å². The van der Waals surface area contributed by atoms with Crippen LogP contribution in [0.2, 0.25) is 5.02 Å². The molecule has 0 amide bonds. The highest BCUT2D eigenvalue weighted by molar-refractivity contribution is 14.1. The number of halogens is 2. The minimum atomic E-state index is -0.331. The molecular formula is C18H16ClIO4. The fourth-order valence-electron chi connectivity index (χ4n) is 2.11. The first-order valence-corrected chi connectivity index (χ1v) is 8.46. The zero-order valence-electron chi connectivity index (χ0n) is 13.4. The van der Waals surface area contributed by atoms with Gasteiger partial charge in [0.25, 0.3) is 0 Å². The molecule has 0 aromatic heterocycles. The van der Waals surface area contributed by atoms with Crippen molar-refractivity contribution in [1.29, 1.82) is 0 Å². The maximum Gasteiger partial charge on any atom is 0.189 e. The van der Waals surface area contributed by atoms with Crippen LogP contribution in [0.5, 0.6) is 17.2 Å². The first-order valence-electron chi connectivity index (χ1n) is 7.01. The zero-order chi connectivity index (χ0) is 17.9.